The highest BCUT2D eigenvalue weighted by Gasteiger charge is 2.68. The molecule has 2 saturated carbocycles. The maximum absolute atomic E-state index is 13.7. The van der Waals surface area contributed by atoms with Crippen molar-refractivity contribution in [2.24, 2.45) is 22.1 Å². The summed E-state index contributed by atoms with van der Waals surface area (Å²) in [4.78, 5) is 60.7. The fourth-order valence-electron chi connectivity index (χ4n) is 7.70. The van der Waals surface area contributed by atoms with Gasteiger partial charge in [-0.3, -0.25) is 28.6 Å². The molecule has 1 aromatic carbocycles. The lowest BCUT2D eigenvalue weighted by molar-refractivity contribution is -0.150. The van der Waals surface area contributed by atoms with Gasteiger partial charge < -0.3 is 20.5 Å². The van der Waals surface area contributed by atoms with Crippen molar-refractivity contribution in [3.05, 3.63) is 62.3 Å². The van der Waals surface area contributed by atoms with Gasteiger partial charge in [-0.15, -0.1) is 0 Å². The fourth-order valence-corrected chi connectivity index (χ4v) is 7.70. The summed E-state index contributed by atoms with van der Waals surface area (Å²) in [5.41, 5.74) is 4.44. The molecule has 2 aliphatic heterocycles. The molecule has 42 heavy (non-hydrogen) atoms. The van der Waals surface area contributed by atoms with Crippen LogP contribution in [0.15, 0.2) is 44.9 Å². The van der Waals surface area contributed by atoms with Crippen LogP contribution < -0.4 is 17.0 Å². The Morgan fingerprint density at radius 2 is 1.79 bits per heavy atom. The van der Waals surface area contributed by atoms with Crippen LogP contribution in [0.25, 0.3) is 0 Å². The van der Waals surface area contributed by atoms with Crippen LogP contribution in [0.1, 0.15) is 62.1 Å². The molecule has 4 fully saturated rings. The van der Waals surface area contributed by atoms with Gasteiger partial charge in [0.05, 0.1) is 13.2 Å². The van der Waals surface area contributed by atoms with Crippen molar-refractivity contribution in [3.8, 4) is 5.88 Å². The molecule has 1 atom stereocenters. The highest BCUT2D eigenvalue weighted by atomic mass is 16.5. The summed E-state index contributed by atoms with van der Waals surface area (Å²) in [5, 5.41) is 11.0. The number of aliphatic imine (C=N–C) groups is 1. The Morgan fingerprint density at radius 3 is 2.40 bits per heavy atom. The van der Waals surface area contributed by atoms with Gasteiger partial charge in [-0.1, -0.05) is 30.3 Å². The predicted octanol–water partition coefficient (Wildman–Crippen LogP) is 1.66. The molecule has 12 heteroatoms. The lowest BCUT2D eigenvalue weighted by atomic mass is 9.51. The van der Waals surface area contributed by atoms with Gasteiger partial charge in [-0.2, -0.15) is 0 Å². The number of hydrogen-bond acceptors (Lipinski definition) is 7. The van der Waals surface area contributed by atoms with Crippen LogP contribution >= 0.6 is 0 Å². The number of aromatic nitrogens is 2. The van der Waals surface area contributed by atoms with E-state index in [0.29, 0.717) is 58.3 Å². The number of imide groups is 1. The van der Waals surface area contributed by atoms with Gasteiger partial charge >= 0.3 is 11.7 Å². The van der Waals surface area contributed by atoms with Gasteiger partial charge in [0.15, 0.2) is 0 Å². The minimum atomic E-state index is -0.821. The number of nitrogens with two attached hydrogens (primary N) is 1. The molecule has 3 N–H and O–H groups in total. The van der Waals surface area contributed by atoms with E-state index >= 15 is 0 Å². The molecule has 0 bridgehead atoms. The van der Waals surface area contributed by atoms with Crippen molar-refractivity contribution >= 4 is 17.8 Å². The Kier molecular flexibility index (Phi) is 6.99. The third-order valence-corrected chi connectivity index (χ3v) is 9.95. The molecule has 1 aromatic heterocycles. The molecule has 2 aromatic rings. The summed E-state index contributed by atoms with van der Waals surface area (Å²) in [5.74, 6) is -0.549. The Balaban J connectivity index is 1.26. The normalized spacial score (nSPS) is 29.6. The van der Waals surface area contributed by atoms with E-state index in [4.69, 9.17) is 10.5 Å². The first-order chi connectivity index (χ1) is 20.1. The molecular weight excluding hydrogens is 540 g/mol. The van der Waals surface area contributed by atoms with Gasteiger partial charge in [-0.25, -0.2) is 9.59 Å². The molecule has 6 rings (SSSR count). The first-order valence-corrected chi connectivity index (χ1v) is 14.6. The van der Waals surface area contributed by atoms with E-state index in [9.17, 15) is 24.3 Å². The summed E-state index contributed by atoms with van der Waals surface area (Å²) >= 11 is 0. The number of benzene rings is 1. The standard InChI is InChI=1S/C30H38N6O6/c1-32-23(31)22-24(37)34(14-19-6-4-3-5-7-19)28(41)36(25(22)38)21-8-11-29(12-9-21)17-30(18-29)26(39)33(2)27(40)35(30)15-20-10-13-42-16-20/h3-7,20-21,37H,8-18H2,1-2H3,(H2,31,32)/t20-,21?,29?,30?/m0/s1. The Bertz CT molecular complexity index is 1540. The molecule has 0 radical (unpaired) electrons. The summed E-state index contributed by atoms with van der Waals surface area (Å²) in [7, 11) is 2.98. The molecule has 224 valence electrons. The average Bonchev–Trinajstić information content (AvgIpc) is 3.55. The SMILES string of the molecule is CN=C(N)c1c(O)n(Cc2ccccc2)c(=O)n(C2CCC3(CC2)CC2(C3)C(=O)N(C)C(=O)N2C[C@@H]2CCOC2)c1=O. The van der Waals surface area contributed by atoms with Crippen LogP contribution in [0, 0.1) is 11.3 Å². The van der Waals surface area contributed by atoms with E-state index in [0.717, 1.165) is 12.0 Å². The van der Waals surface area contributed by atoms with Gasteiger partial charge in [0.1, 0.15) is 16.9 Å². The Morgan fingerprint density at radius 1 is 1.10 bits per heavy atom. The van der Waals surface area contributed by atoms with Gasteiger partial charge in [0, 0.05) is 39.2 Å². The second kappa shape index (κ2) is 10.4. The monoisotopic (exact) mass is 578 g/mol. The van der Waals surface area contributed by atoms with Crippen LogP contribution in [0.4, 0.5) is 4.79 Å². The van der Waals surface area contributed by atoms with Crippen LogP contribution in [0.5, 0.6) is 5.88 Å². The first kappa shape index (κ1) is 28.2. The van der Waals surface area contributed by atoms with Gasteiger partial charge in [-0.05, 0) is 55.9 Å². The number of rotatable bonds is 6. The topological polar surface area (TPSA) is 152 Å². The second-order valence-electron chi connectivity index (χ2n) is 12.4. The number of hydrogen-bond donors (Lipinski definition) is 2. The van der Waals surface area contributed by atoms with Crippen molar-refractivity contribution < 1.29 is 19.4 Å². The lowest BCUT2D eigenvalue weighted by Crippen LogP contribution is -2.64. The summed E-state index contributed by atoms with van der Waals surface area (Å²) in [6.07, 6.45) is 4.57. The summed E-state index contributed by atoms with van der Waals surface area (Å²) in [6, 6.07) is 8.57. The van der Waals surface area contributed by atoms with E-state index in [1.165, 1.54) is 21.1 Å². The number of amidine groups is 1. The number of carbonyl (C=O) groups is 2. The fraction of sp³-hybridized carbons (Fsp3) is 0.567. The van der Waals surface area contributed by atoms with E-state index in [1.54, 1.807) is 11.9 Å². The van der Waals surface area contributed by atoms with E-state index in [2.05, 4.69) is 4.99 Å². The van der Waals surface area contributed by atoms with E-state index in [-0.39, 0.29) is 41.2 Å². The number of carbonyl (C=O) groups excluding carboxylic acids is 2. The van der Waals surface area contributed by atoms with Crippen LogP contribution in [-0.2, 0) is 16.1 Å². The van der Waals surface area contributed by atoms with Crippen molar-refractivity contribution in [3.63, 3.8) is 0 Å². The third kappa shape index (κ3) is 4.34. The molecule has 2 aliphatic carbocycles. The van der Waals surface area contributed by atoms with Gasteiger partial charge in [0.25, 0.3) is 11.5 Å². The molecule has 0 unspecified atom stereocenters. The summed E-state index contributed by atoms with van der Waals surface area (Å²) < 4.78 is 7.92. The average molecular weight is 579 g/mol. The second-order valence-corrected chi connectivity index (χ2v) is 12.4. The predicted molar refractivity (Wildman–Crippen MR) is 155 cm³/mol. The van der Waals surface area contributed by atoms with Crippen molar-refractivity contribution in [1.29, 1.82) is 0 Å². The molecule has 3 amide bonds. The molecule has 2 spiro atoms. The zero-order valence-corrected chi connectivity index (χ0v) is 24.1. The molecule has 3 heterocycles. The largest absolute Gasteiger partial charge is 0.494 e. The number of ether oxygens (including phenoxy) is 1. The minimum Gasteiger partial charge on any atom is -0.494 e. The van der Waals surface area contributed by atoms with E-state index in [1.807, 2.05) is 30.3 Å². The van der Waals surface area contributed by atoms with Crippen LogP contribution in [0.3, 0.4) is 0 Å². The zero-order valence-electron chi connectivity index (χ0n) is 24.1. The molecule has 2 saturated heterocycles. The number of aromatic hydroxyl groups is 1. The Hall–Kier alpha value is -3.93. The number of likely N-dealkylation sites (N-methyl/N-ethyl adjacent to an activating group) is 1. The van der Waals surface area contributed by atoms with Crippen LogP contribution in [-0.4, -0.2) is 81.2 Å². The Labute approximate surface area is 243 Å². The maximum atomic E-state index is 13.7. The van der Waals surface area contributed by atoms with Crippen molar-refractivity contribution in [1.82, 2.24) is 18.9 Å². The number of nitrogens with zero attached hydrogens (tertiary/aromatic N) is 5. The van der Waals surface area contributed by atoms with Crippen LogP contribution in [0.2, 0.25) is 0 Å². The zero-order chi connectivity index (χ0) is 29.8. The molecule has 4 aliphatic rings. The first-order valence-electron chi connectivity index (χ1n) is 14.6. The van der Waals surface area contributed by atoms with Gasteiger partial charge in [0.2, 0.25) is 5.88 Å². The van der Waals surface area contributed by atoms with Crippen molar-refractivity contribution in [2.45, 2.75) is 63.1 Å². The maximum Gasteiger partial charge on any atom is 0.334 e. The summed E-state index contributed by atoms with van der Waals surface area (Å²) in [6.45, 7) is 1.86. The molecule has 12 nitrogen and oxygen atoms in total. The molecular formula is C30H38N6O6. The highest BCUT2D eigenvalue weighted by Crippen LogP contribution is 2.62. The van der Waals surface area contributed by atoms with E-state index < -0.39 is 28.7 Å². The lowest BCUT2D eigenvalue weighted by Gasteiger charge is -2.58. The number of urea groups is 1. The van der Waals surface area contributed by atoms with Crippen molar-refractivity contribution in [2.75, 3.05) is 33.9 Å². The highest BCUT2D eigenvalue weighted by molar-refractivity contribution is 6.07. The quantitative estimate of drug-likeness (QED) is 0.300. The number of amides is 3. The smallest absolute Gasteiger partial charge is 0.334 e. The third-order valence-electron chi connectivity index (χ3n) is 9.95. The minimum absolute atomic E-state index is 0.0699.